The van der Waals surface area contributed by atoms with Crippen molar-refractivity contribution in [1.29, 1.82) is 0 Å². The molecule has 3 nitrogen and oxygen atoms in total. The van der Waals surface area contributed by atoms with Crippen LogP contribution in [0.15, 0.2) is 48.5 Å². The maximum atomic E-state index is 11.8. The number of aromatic hydroxyl groups is 1. The van der Waals surface area contributed by atoms with Crippen LogP contribution in [-0.4, -0.2) is 11.0 Å². The molecule has 2 rings (SSSR count). The van der Waals surface area contributed by atoms with Crippen molar-refractivity contribution < 1.29 is 9.90 Å². The van der Waals surface area contributed by atoms with E-state index in [1.54, 1.807) is 25.1 Å². The first kappa shape index (κ1) is 12.2. The Labute approximate surface area is 106 Å². The van der Waals surface area contributed by atoms with Crippen molar-refractivity contribution in [3.8, 4) is 5.75 Å². The van der Waals surface area contributed by atoms with Gasteiger partial charge in [-0.05, 0) is 36.2 Å². The summed E-state index contributed by atoms with van der Waals surface area (Å²) in [7, 11) is 0. The SMILES string of the molecule is Cc1cc(NC(=O)Cc2ccccc2)ccc1O. The highest BCUT2D eigenvalue weighted by molar-refractivity contribution is 5.92. The topological polar surface area (TPSA) is 49.3 Å². The zero-order valence-corrected chi connectivity index (χ0v) is 10.2. The highest BCUT2D eigenvalue weighted by Gasteiger charge is 2.04. The fourth-order valence-electron chi connectivity index (χ4n) is 1.72. The van der Waals surface area contributed by atoms with Gasteiger partial charge in [0.1, 0.15) is 5.75 Å². The number of nitrogens with one attached hydrogen (secondary N) is 1. The molecule has 0 fully saturated rings. The van der Waals surface area contributed by atoms with Gasteiger partial charge in [0.25, 0.3) is 0 Å². The Morgan fingerprint density at radius 3 is 2.56 bits per heavy atom. The number of phenolic OH excluding ortho intramolecular Hbond substituents is 1. The number of aryl methyl sites for hydroxylation is 1. The average molecular weight is 241 g/mol. The van der Waals surface area contributed by atoms with E-state index in [-0.39, 0.29) is 11.7 Å². The molecule has 0 saturated carbocycles. The molecule has 2 aromatic rings. The number of anilines is 1. The van der Waals surface area contributed by atoms with Crippen molar-refractivity contribution in [2.24, 2.45) is 0 Å². The van der Waals surface area contributed by atoms with Gasteiger partial charge in [-0.2, -0.15) is 0 Å². The van der Waals surface area contributed by atoms with Crippen LogP contribution >= 0.6 is 0 Å². The van der Waals surface area contributed by atoms with Gasteiger partial charge in [-0.25, -0.2) is 0 Å². The molecule has 0 spiro atoms. The number of amides is 1. The first-order valence-corrected chi connectivity index (χ1v) is 5.78. The second-order valence-corrected chi connectivity index (χ2v) is 4.21. The maximum Gasteiger partial charge on any atom is 0.228 e. The first-order chi connectivity index (χ1) is 8.65. The van der Waals surface area contributed by atoms with Crippen molar-refractivity contribution in [1.82, 2.24) is 0 Å². The van der Waals surface area contributed by atoms with E-state index in [4.69, 9.17) is 0 Å². The molecule has 0 heterocycles. The summed E-state index contributed by atoms with van der Waals surface area (Å²) in [6, 6.07) is 14.6. The van der Waals surface area contributed by atoms with E-state index in [1.807, 2.05) is 30.3 Å². The lowest BCUT2D eigenvalue weighted by Crippen LogP contribution is -2.14. The minimum absolute atomic E-state index is 0.0636. The molecule has 0 radical (unpaired) electrons. The van der Waals surface area contributed by atoms with Gasteiger partial charge in [-0.15, -0.1) is 0 Å². The molecule has 0 saturated heterocycles. The van der Waals surface area contributed by atoms with Crippen molar-refractivity contribution in [2.75, 3.05) is 5.32 Å². The molecule has 0 atom stereocenters. The molecule has 2 N–H and O–H groups in total. The summed E-state index contributed by atoms with van der Waals surface area (Å²) in [4.78, 5) is 11.8. The van der Waals surface area contributed by atoms with Gasteiger partial charge in [0.2, 0.25) is 5.91 Å². The van der Waals surface area contributed by atoms with Crippen LogP contribution in [0.2, 0.25) is 0 Å². The number of phenols is 1. The van der Waals surface area contributed by atoms with E-state index in [2.05, 4.69) is 5.32 Å². The summed E-state index contributed by atoms with van der Waals surface area (Å²) < 4.78 is 0. The molecule has 18 heavy (non-hydrogen) atoms. The summed E-state index contributed by atoms with van der Waals surface area (Å²) in [5, 5.41) is 12.2. The van der Waals surface area contributed by atoms with Crippen molar-refractivity contribution in [2.45, 2.75) is 13.3 Å². The quantitative estimate of drug-likeness (QED) is 0.812. The molecular weight excluding hydrogens is 226 g/mol. The monoisotopic (exact) mass is 241 g/mol. The van der Waals surface area contributed by atoms with Crippen molar-refractivity contribution in [3.05, 3.63) is 59.7 Å². The fraction of sp³-hybridized carbons (Fsp3) is 0.133. The van der Waals surface area contributed by atoms with Gasteiger partial charge in [0, 0.05) is 5.69 Å². The Kier molecular flexibility index (Phi) is 3.63. The lowest BCUT2D eigenvalue weighted by atomic mass is 10.1. The Hall–Kier alpha value is -2.29. The van der Waals surface area contributed by atoms with Gasteiger partial charge in [-0.3, -0.25) is 4.79 Å². The van der Waals surface area contributed by atoms with Gasteiger partial charge in [0.05, 0.1) is 6.42 Å². The minimum atomic E-state index is -0.0636. The van der Waals surface area contributed by atoms with Crippen LogP contribution < -0.4 is 5.32 Å². The molecule has 0 unspecified atom stereocenters. The summed E-state index contributed by atoms with van der Waals surface area (Å²) in [6.45, 7) is 1.79. The number of hydrogen-bond donors (Lipinski definition) is 2. The lowest BCUT2D eigenvalue weighted by Gasteiger charge is -2.07. The number of hydrogen-bond acceptors (Lipinski definition) is 2. The molecule has 3 heteroatoms. The molecular formula is C15H15NO2. The van der Waals surface area contributed by atoms with Crippen LogP contribution in [0, 0.1) is 6.92 Å². The molecule has 0 aromatic heterocycles. The van der Waals surface area contributed by atoms with Gasteiger partial charge in [-0.1, -0.05) is 30.3 Å². The van der Waals surface area contributed by atoms with Crippen LogP contribution in [0.5, 0.6) is 5.75 Å². The van der Waals surface area contributed by atoms with Crippen LogP contribution in [0.25, 0.3) is 0 Å². The van der Waals surface area contributed by atoms with Gasteiger partial charge < -0.3 is 10.4 Å². The summed E-state index contributed by atoms with van der Waals surface area (Å²) in [5.74, 6) is 0.169. The molecule has 0 aliphatic carbocycles. The summed E-state index contributed by atoms with van der Waals surface area (Å²) in [5.41, 5.74) is 2.42. The summed E-state index contributed by atoms with van der Waals surface area (Å²) in [6.07, 6.45) is 0.348. The highest BCUT2D eigenvalue weighted by Crippen LogP contribution is 2.20. The predicted molar refractivity (Wildman–Crippen MR) is 71.6 cm³/mol. The third kappa shape index (κ3) is 3.10. The van der Waals surface area contributed by atoms with E-state index in [9.17, 15) is 9.90 Å². The molecule has 0 aliphatic heterocycles. The van der Waals surface area contributed by atoms with Crippen molar-refractivity contribution in [3.63, 3.8) is 0 Å². The molecule has 2 aromatic carbocycles. The summed E-state index contributed by atoms with van der Waals surface area (Å²) >= 11 is 0. The second-order valence-electron chi connectivity index (χ2n) is 4.21. The number of rotatable bonds is 3. The predicted octanol–water partition coefficient (Wildman–Crippen LogP) is 2.88. The standard InChI is InChI=1S/C15H15NO2/c1-11-9-13(7-8-14(11)17)16-15(18)10-12-5-3-2-4-6-12/h2-9,17H,10H2,1H3,(H,16,18). The van der Waals surface area contributed by atoms with E-state index in [1.165, 1.54) is 0 Å². The second kappa shape index (κ2) is 5.36. The molecule has 1 amide bonds. The number of carbonyl (C=O) groups excluding carboxylic acids is 1. The van der Waals surface area contributed by atoms with E-state index < -0.39 is 0 Å². The van der Waals surface area contributed by atoms with Crippen LogP contribution in [0.1, 0.15) is 11.1 Å². The van der Waals surface area contributed by atoms with Gasteiger partial charge in [0.15, 0.2) is 0 Å². The van der Waals surface area contributed by atoms with Gasteiger partial charge >= 0.3 is 0 Å². The van der Waals surface area contributed by atoms with E-state index >= 15 is 0 Å². The Balaban J connectivity index is 2.01. The third-order valence-corrected chi connectivity index (χ3v) is 2.69. The van der Waals surface area contributed by atoms with Crippen LogP contribution in [-0.2, 0) is 11.2 Å². The highest BCUT2D eigenvalue weighted by atomic mass is 16.3. The van der Waals surface area contributed by atoms with E-state index in [0.717, 1.165) is 11.1 Å². The Bertz CT molecular complexity index is 550. The molecule has 0 bridgehead atoms. The maximum absolute atomic E-state index is 11.8. The lowest BCUT2D eigenvalue weighted by molar-refractivity contribution is -0.115. The van der Waals surface area contributed by atoms with Crippen molar-refractivity contribution >= 4 is 11.6 Å². The zero-order valence-electron chi connectivity index (χ0n) is 10.2. The largest absolute Gasteiger partial charge is 0.508 e. The normalized spacial score (nSPS) is 10.1. The molecule has 92 valence electrons. The van der Waals surface area contributed by atoms with Crippen LogP contribution in [0.4, 0.5) is 5.69 Å². The van der Waals surface area contributed by atoms with Crippen LogP contribution in [0.3, 0.4) is 0 Å². The van der Waals surface area contributed by atoms with E-state index in [0.29, 0.717) is 12.1 Å². The number of carbonyl (C=O) groups is 1. The number of benzene rings is 2. The Morgan fingerprint density at radius 1 is 1.17 bits per heavy atom. The Morgan fingerprint density at radius 2 is 1.89 bits per heavy atom. The smallest absolute Gasteiger partial charge is 0.228 e. The average Bonchev–Trinajstić information content (AvgIpc) is 2.35. The first-order valence-electron chi connectivity index (χ1n) is 5.78. The fourth-order valence-corrected chi connectivity index (χ4v) is 1.72. The third-order valence-electron chi connectivity index (χ3n) is 2.69. The minimum Gasteiger partial charge on any atom is -0.508 e. The molecule has 0 aliphatic rings. The zero-order chi connectivity index (χ0) is 13.0.